The van der Waals surface area contributed by atoms with E-state index < -0.39 is 36.4 Å². The largest absolute Gasteiger partial charge is 0.454 e. The molecule has 0 saturated carbocycles. The average Bonchev–Trinajstić information content (AvgIpc) is 2.80. The molecule has 3 aromatic carbocycles. The number of benzene rings is 3. The Kier molecular flexibility index (Phi) is 7.68. The normalized spacial score (nSPS) is 13.0. The second-order valence-electron chi connectivity index (χ2n) is 7.03. The summed E-state index contributed by atoms with van der Waals surface area (Å²) >= 11 is 0. The van der Waals surface area contributed by atoms with Crippen molar-refractivity contribution in [3.05, 3.63) is 89.7 Å². The monoisotopic (exact) mass is 495 g/mol. The highest BCUT2D eigenvalue weighted by Gasteiger charge is 2.31. The first-order valence-electron chi connectivity index (χ1n) is 9.82. The van der Waals surface area contributed by atoms with Crippen LogP contribution in [0.3, 0.4) is 0 Å². The number of amidine groups is 2. The standard InChI is InChI=1S/C24H16F7N3O/c1-32-21(17-7-2-5-15(11-17)16-6-3-9-19(25)12-16)34-22(35-14-23(26,27)28)33-20-10-4-8-18(13-20)24(29,30)31/h2-13H,1,14H2/b33-22?,34-21-. The van der Waals surface area contributed by atoms with Crippen LogP contribution in [0.15, 0.2) is 87.8 Å². The molecule has 182 valence electrons. The summed E-state index contributed by atoms with van der Waals surface area (Å²) in [7, 11) is 0. The lowest BCUT2D eigenvalue weighted by Crippen LogP contribution is -2.20. The maximum absolute atomic E-state index is 13.6. The molecule has 0 atom stereocenters. The van der Waals surface area contributed by atoms with E-state index in [2.05, 4.69) is 26.4 Å². The first-order chi connectivity index (χ1) is 16.4. The molecule has 0 amide bonds. The minimum atomic E-state index is -4.76. The van der Waals surface area contributed by atoms with E-state index in [0.29, 0.717) is 17.2 Å². The summed E-state index contributed by atoms with van der Waals surface area (Å²) in [6, 6.07) is 14.7. The van der Waals surface area contributed by atoms with Gasteiger partial charge in [0.2, 0.25) is 0 Å². The lowest BCUT2D eigenvalue weighted by Gasteiger charge is -2.11. The molecular formula is C24H16F7N3O. The van der Waals surface area contributed by atoms with Gasteiger partial charge in [-0.1, -0.05) is 36.4 Å². The number of halogens is 7. The van der Waals surface area contributed by atoms with E-state index in [9.17, 15) is 30.7 Å². The van der Waals surface area contributed by atoms with Crippen molar-refractivity contribution in [3.63, 3.8) is 0 Å². The zero-order valence-electron chi connectivity index (χ0n) is 17.7. The Labute approximate surface area is 195 Å². The third kappa shape index (κ3) is 7.49. The summed E-state index contributed by atoms with van der Waals surface area (Å²) in [6.07, 6.45) is -9.45. The number of ether oxygens (including phenoxy) is 1. The molecule has 3 rings (SSSR count). The van der Waals surface area contributed by atoms with Gasteiger partial charge in [-0.3, -0.25) is 0 Å². The number of hydrogen-bond donors (Lipinski definition) is 0. The highest BCUT2D eigenvalue weighted by molar-refractivity contribution is 6.07. The van der Waals surface area contributed by atoms with Gasteiger partial charge in [-0.15, -0.1) is 0 Å². The van der Waals surface area contributed by atoms with Crippen molar-refractivity contribution in [2.75, 3.05) is 6.61 Å². The molecule has 0 N–H and O–H groups in total. The number of nitrogens with zero attached hydrogens (tertiary/aromatic N) is 3. The molecule has 0 aliphatic rings. The Morgan fingerprint density at radius 1 is 0.829 bits per heavy atom. The second kappa shape index (κ2) is 10.5. The summed E-state index contributed by atoms with van der Waals surface area (Å²) in [5.74, 6) is -0.684. The van der Waals surface area contributed by atoms with Crippen LogP contribution in [-0.4, -0.2) is 31.4 Å². The van der Waals surface area contributed by atoms with Gasteiger partial charge in [-0.25, -0.2) is 9.38 Å². The first-order valence-corrected chi connectivity index (χ1v) is 9.82. The third-order valence-electron chi connectivity index (χ3n) is 4.39. The quantitative estimate of drug-likeness (QED) is 0.214. The minimum Gasteiger partial charge on any atom is -0.454 e. The van der Waals surface area contributed by atoms with Crippen molar-refractivity contribution in [1.29, 1.82) is 0 Å². The minimum absolute atomic E-state index is 0.212. The average molecular weight is 495 g/mol. The molecule has 11 heteroatoms. The van der Waals surface area contributed by atoms with Gasteiger partial charge in [0.1, 0.15) is 5.82 Å². The summed E-state index contributed by atoms with van der Waals surface area (Å²) in [4.78, 5) is 11.3. The molecule has 0 aliphatic carbocycles. The van der Waals surface area contributed by atoms with E-state index in [4.69, 9.17) is 0 Å². The lowest BCUT2D eigenvalue weighted by molar-refractivity contribution is -0.156. The zero-order valence-corrected chi connectivity index (χ0v) is 17.7. The molecule has 0 heterocycles. The molecule has 35 heavy (non-hydrogen) atoms. The van der Waals surface area contributed by atoms with Gasteiger partial charge in [-0.05, 0) is 54.2 Å². The lowest BCUT2D eigenvalue weighted by atomic mass is 10.0. The van der Waals surface area contributed by atoms with E-state index in [1.54, 1.807) is 18.2 Å². The van der Waals surface area contributed by atoms with Crippen molar-refractivity contribution >= 4 is 24.3 Å². The van der Waals surface area contributed by atoms with E-state index in [1.807, 2.05) is 0 Å². The summed E-state index contributed by atoms with van der Waals surface area (Å²) in [6.45, 7) is 1.56. The number of aliphatic imine (C=N–C) groups is 3. The predicted molar refractivity (Wildman–Crippen MR) is 118 cm³/mol. The van der Waals surface area contributed by atoms with E-state index in [1.165, 1.54) is 30.3 Å². The maximum Gasteiger partial charge on any atom is 0.422 e. The SMILES string of the molecule is C=N/C(=N\C(=Nc1cccc(C(F)(F)F)c1)OCC(F)(F)F)c1cccc(-c2cccc(F)c2)c1. The zero-order chi connectivity index (χ0) is 25.6. The molecule has 0 saturated heterocycles. The van der Waals surface area contributed by atoms with Crippen LogP contribution in [0.1, 0.15) is 11.1 Å². The van der Waals surface area contributed by atoms with Gasteiger partial charge in [0.15, 0.2) is 12.4 Å². The van der Waals surface area contributed by atoms with Crippen LogP contribution in [0.4, 0.5) is 36.4 Å². The van der Waals surface area contributed by atoms with Crippen LogP contribution in [-0.2, 0) is 10.9 Å². The van der Waals surface area contributed by atoms with Crippen molar-refractivity contribution in [3.8, 4) is 11.1 Å². The van der Waals surface area contributed by atoms with Crippen LogP contribution >= 0.6 is 0 Å². The van der Waals surface area contributed by atoms with Crippen LogP contribution in [0, 0.1) is 5.82 Å². The van der Waals surface area contributed by atoms with Gasteiger partial charge in [0, 0.05) is 5.56 Å². The van der Waals surface area contributed by atoms with Gasteiger partial charge in [-0.2, -0.15) is 36.3 Å². The number of alkyl halides is 6. The molecule has 0 fully saturated rings. The number of hydrogen-bond acceptors (Lipinski definition) is 2. The highest BCUT2D eigenvalue weighted by Crippen LogP contribution is 2.31. The Morgan fingerprint density at radius 3 is 2.11 bits per heavy atom. The Hall–Kier alpha value is -4.02. The smallest absolute Gasteiger partial charge is 0.422 e. The summed E-state index contributed by atoms with van der Waals surface area (Å²) in [5.41, 5.74) is -0.0538. The molecule has 4 nitrogen and oxygen atoms in total. The Bertz CT molecular complexity index is 1260. The van der Waals surface area contributed by atoms with Gasteiger partial charge >= 0.3 is 18.4 Å². The fourth-order valence-electron chi connectivity index (χ4n) is 2.89. The van der Waals surface area contributed by atoms with Gasteiger partial charge in [0.25, 0.3) is 0 Å². The molecule has 0 aliphatic heterocycles. The van der Waals surface area contributed by atoms with E-state index in [-0.39, 0.29) is 17.1 Å². The molecular weight excluding hydrogens is 479 g/mol. The van der Waals surface area contributed by atoms with Gasteiger partial charge in [0.05, 0.1) is 11.3 Å². The fraction of sp³-hybridized carbons (Fsp3) is 0.125. The maximum atomic E-state index is 13.6. The molecule has 0 unspecified atom stereocenters. The van der Waals surface area contributed by atoms with E-state index >= 15 is 0 Å². The molecule has 0 radical (unpaired) electrons. The van der Waals surface area contributed by atoms with Crippen LogP contribution < -0.4 is 0 Å². The van der Waals surface area contributed by atoms with Crippen LogP contribution in [0.25, 0.3) is 11.1 Å². The van der Waals surface area contributed by atoms with Crippen LogP contribution in [0.2, 0.25) is 0 Å². The molecule has 0 bridgehead atoms. The van der Waals surface area contributed by atoms with Crippen molar-refractivity contribution in [1.82, 2.24) is 0 Å². The van der Waals surface area contributed by atoms with E-state index in [0.717, 1.165) is 18.2 Å². The van der Waals surface area contributed by atoms with Crippen molar-refractivity contribution in [2.45, 2.75) is 12.4 Å². The molecule has 0 spiro atoms. The fourth-order valence-corrected chi connectivity index (χ4v) is 2.89. The molecule has 3 aromatic rings. The Morgan fingerprint density at radius 2 is 1.49 bits per heavy atom. The van der Waals surface area contributed by atoms with Crippen molar-refractivity contribution in [2.24, 2.45) is 15.0 Å². The van der Waals surface area contributed by atoms with Crippen LogP contribution in [0.5, 0.6) is 0 Å². The van der Waals surface area contributed by atoms with Crippen molar-refractivity contribution < 1.29 is 35.5 Å². The Balaban J connectivity index is 2.04. The summed E-state index contributed by atoms with van der Waals surface area (Å²) in [5, 5.41) is 0. The number of rotatable bonds is 4. The first kappa shape index (κ1) is 25.6. The topological polar surface area (TPSA) is 46.3 Å². The highest BCUT2D eigenvalue weighted by atomic mass is 19.4. The second-order valence-corrected chi connectivity index (χ2v) is 7.03. The van der Waals surface area contributed by atoms with Gasteiger partial charge < -0.3 is 4.74 Å². The summed E-state index contributed by atoms with van der Waals surface area (Å²) < 4.78 is 95.5. The molecule has 0 aromatic heterocycles. The third-order valence-corrected chi connectivity index (χ3v) is 4.39. The predicted octanol–water partition coefficient (Wildman–Crippen LogP) is 7.23.